The minimum atomic E-state index is -4.02. The van der Waals surface area contributed by atoms with Crippen LogP contribution in [-0.2, 0) is 25.6 Å². The Morgan fingerprint density at radius 2 is 1.79 bits per heavy atom. The summed E-state index contributed by atoms with van der Waals surface area (Å²) in [6.45, 7) is 0.637. The average molecular weight is 475 g/mol. The second-order valence-electron chi connectivity index (χ2n) is 6.42. The summed E-state index contributed by atoms with van der Waals surface area (Å²) in [4.78, 5) is 4.07. The second-order valence-corrected chi connectivity index (χ2v) is 11.9. The van der Waals surface area contributed by atoms with E-state index in [4.69, 9.17) is 21.1 Å². The van der Waals surface area contributed by atoms with E-state index in [1.54, 1.807) is 6.07 Å². The zero-order valence-corrected chi connectivity index (χ0v) is 18.2. The molecule has 0 atom stereocenters. The smallest absolute Gasteiger partial charge is 0.261 e. The Hall–Kier alpha value is -2.08. The van der Waals surface area contributed by atoms with Gasteiger partial charge in [0.2, 0.25) is 0 Å². The summed E-state index contributed by atoms with van der Waals surface area (Å²) in [5.74, 6) is 0.353. The highest BCUT2D eigenvalue weighted by molar-refractivity contribution is 7.92. The third-order valence-corrected chi connectivity index (χ3v) is 7.41. The predicted octanol–water partition coefficient (Wildman–Crippen LogP) is 3.07. The molecule has 12 heteroatoms. The lowest BCUT2D eigenvalue weighted by molar-refractivity contribution is 0.171. The van der Waals surface area contributed by atoms with E-state index in [0.717, 1.165) is 11.0 Å². The van der Waals surface area contributed by atoms with Gasteiger partial charge in [0, 0.05) is 12.3 Å². The molecule has 8 nitrogen and oxygen atoms in total. The molecule has 0 saturated heterocycles. The van der Waals surface area contributed by atoms with E-state index in [2.05, 4.69) is 9.71 Å². The van der Waals surface area contributed by atoms with Gasteiger partial charge in [0.25, 0.3) is 10.0 Å². The Bertz CT molecular complexity index is 1320. The Morgan fingerprint density at radius 1 is 1.10 bits per heavy atom. The summed E-state index contributed by atoms with van der Waals surface area (Å²) >= 11 is 7.13. The van der Waals surface area contributed by atoms with Crippen molar-refractivity contribution in [1.82, 2.24) is 4.98 Å². The molecule has 0 spiro atoms. The SMILES string of the molecule is CS(=O)(=O)Cc1cc2c(cc1NS(=O)(=O)c1ccc3sc(Cl)nc3c1)OCCO2. The summed E-state index contributed by atoms with van der Waals surface area (Å²) in [5.41, 5.74) is 0.829. The molecule has 2 heterocycles. The van der Waals surface area contributed by atoms with E-state index >= 15 is 0 Å². The summed E-state index contributed by atoms with van der Waals surface area (Å²) in [6, 6.07) is 7.39. The summed E-state index contributed by atoms with van der Waals surface area (Å²) in [7, 11) is -7.45. The van der Waals surface area contributed by atoms with Crippen molar-refractivity contribution >= 4 is 58.7 Å². The molecule has 29 heavy (non-hydrogen) atoms. The van der Waals surface area contributed by atoms with Crippen molar-refractivity contribution in [3.05, 3.63) is 40.4 Å². The monoisotopic (exact) mass is 474 g/mol. The number of ether oxygens (including phenoxy) is 2. The van der Waals surface area contributed by atoms with Gasteiger partial charge in [-0.3, -0.25) is 4.72 Å². The van der Waals surface area contributed by atoms with E-state index in [9.17, 15) is 16.8 Å². The molecule has 154 valence electrons. The highest BCUT2D eigenvalue weighted by Crippen LogP contribution is 2.37. The van der Waals surface area contributed by atoms with Gasteiger partial charge in [-0.25, -0.2) is 21.8 Å². The van der Waals surface area contributed by atoms with Crippen LogP contribution in [0.5, 0.6) is 11.5 Å². The number of hydrogen-bond acceptors (Lipinski definition) is 8. The van der Waals surface area contributed by atoms with E-state index in [-0.39, 0.29) is 21.9 Å². The Balaban J connectivity index is 1.76. The third-order valence-electron chi connectivity index (χ3n) is 4.07. The first-order valence-electron chi connectivity index (χ1n) is 8.30. The minimum Gasteiger partial charge on any atom is -0.486 e. The van der Waals surface area contributed by atoms with Gasteiger partial charge in [-0.2, -0.15) is 0 Å². The van der Waals surface area contributed by atoms with E-state index in [1.165, 1.54) is 35.6 Å². The van der Waals surface area contributed by atoms with Gasteiger partial charge in [0.15, 0.2) is 25.8 Å². The number of rotatable bonds is 5. The van der Waals surface area contributed by atoms with Crippen LogP contribution < -0.4 is 14.2 Å². The van der Waals surface area contributed by atoms with Gasteiger partial charge in [-0.05, 0) is 29.8 Å². The number of sulfone groups is 1. The zero-order valence-electron chi connectivity index (χ0n) is 15.0. The number of sulfonamides is 1. The molecular weight excluding hydrogens is 460 g/mol. The quantitative estimate of drug-likeness (QED) is 0.604. The lowest BCUT2D eigenvalue weighted by Crippen LogP contribution is -2.18. The predicted molar refractivity (Wildman–Crippen MR) is 111 cm³/mol. The number of nitrogens with zero attached hydrogens (tertiary/aromatic N) is 1. The van der Waals surface area contributed by atoms with Gasteiger partial charge in [0.05, 0.1) is 26.6 Å². The first kappa shape index (κ1) is 20.2. The molecule has 0 fully saturated rings. The fraction of sp³-hybridized carbons (Fsp3) is 0.235. The molecule has 0 bridgehead atoms. The normalized spacial score (nSPS) is 14.1. The minimum absolute atomic E-state index is 0.0211. The Labute approximate surface area is 176 Å². The molecule has 1 N–H and O–H groups in total. The first-order chi connectivity index (χ1) is 13.6. The molecule has 0 aliphatic carbocycles. The van der Waals surface area contributed by atoms with Gasteiger partial charge in [0.1, 0.15) is 13.2 Å². The van der Waals surface area contributed by atoms with Crippen molar-refractivity contribution in [2.45, 2.75) is 10.6 Å². The van der Waals surface area contributed by atoms with Crippen LogP contribution in [0, 0.1) is 0 Å². The van der Waals surface area contributed by atoms with Crippen molar-refractivity contribution < 1.29 is 26.3 Å². The second kappa shape index (κ2) is 7.31. The van der Waals surface area contributed by atoms with Gasteiger partial charge >= 0.3 is 0 Å². The maximum Gasteiger partial charge on any atom is 0.261 e. The van der Waals surface area contributed by atoms with Crippen molar-refractivity contribution in [3.63, 3.8) is 0 Å². The Kier molecular flexibility index (Phi) is 5.09. The van der Waals surface area contributed by atoms with E-state index < -0.39 is 19.9 Å². The molecule has 0 saturated carbocycles. The van der Waals surface area contributed by atoms with Crippen LogP contribution in [0.3, 0.4) is 0 Å². The highest BCUT2D eigenvalue weighted by atomic mass is 35.5. The molecule has 1 aliphatic rings. The number of nitrogens with one attached hydrogen (secondary N) is 1. The fourth-order valence-electron chi connectivity index (χ4n) is 2.88. The van der Waals surface area contributed by atoms with Crippen LogP contribution in [-0.4, -0.2) is 41.3 Å². The van der Waals surface area contributed by atoms with Crippen LogP contribution in [0.25, 0.3) is 10.2 Å². The molecule has 4 rings (SSSR count). The Morgan fingerprint density at radius 3 is 2.48 bits per heavy atom. The number of hydrogen-bond donors (Lipinski definition) is 1. The first-order valence-corrected chi connectivity index (χ1v) is 13.0. The molecule has 3 aromatic rings. The van der Waals surface area contributed by atoms with Crippen LogP contribution in [0.15, 0.2) is 35.2 Å². The van der Waals surface area contributed by atoms with Crippen molar-refractivity contribution in [2.75, 3.05) is 24.2 Å². The topological polar surface area (TPSA) is 112 Å². The van der Waals surface area contributed by atoms with Gasteiger partial charge < -0.3 is 9.47 Å². The molecule has 2 aromatic carbocycles. The van der Waals surface area contributed by atoms with Crippen LogP contribution in [0.4, 0.5) is 5.69 Å². The molecule has 1 aromatic heterocycles. The molecular formula is C17H15ClN2O6S3. The van der Waals surface area contributed by atoms with Crippen LogP contribution in [0.2, 0.25) is 4.47 Å². The summed E-state index contributed by atoms with van der Waals surface area (Å²) in [5, 5.41) is 0. The number of halogens is 1. The average Bonchev–Trinajstić information content (AvgIpc) is 3.00. The number of aromatic nitrogens is 1. The lowest BCUT2D eigenvalue weighted by atomic mass is 10.1. The number of anilines is 1. The maximum absolute atomic E-state index is 12.9. The number of thiazole rings is 1. The highest BCUT2D eigenvalue weighted by Gasteiger charge is 2.23. The van der Waals surface area contributed by atoms with Gasteiger partial charge in [-0.15, -0.1) is 11.3 Å². The maximum atomic E-state index is 12.9. The molecule has 0 radical (unpaired) electrons. The van der Waals surface area contributed by atoms with E-state index in [0.29, 0.717) is 34.7 Å². The largest absolute Gasteiger partial charge is 0.486 e. The van der Waals surface area contributed by atoms with E-state index in [1.807, 2.05) is 0 Å². The summed E-state index contributed by atoms with van der Waals surface area (Å²) in [6.07, 6.45) is 1.07. The molecule has 1 aliphatic heterocycles. The lowest BCUT2D eigenvalue weighted by Gasteiger charge is -2.21. The van der Waals surface area contributed by atoms with Crippen molar-refractivity contribution in [3.8, 4) is 11.5 Å². The zero-order chi connectivity index (χ0) is 20.8. The van der Waals surface area contributed by atoms with Crippen LogP contribution >= 0.6 is 22.9 Å². The van der Waals surface area contributed by atoms with Gasteiger partial charge in [-0.1, -0.05) is 11.6 Å². The standard InChI is InChI=1S/C17H15ClN2O6S3/c1-28(21,22)9-10-6-14-15(26-5-4-25-14)8-12(10)20-29(23,24)11-2-3-16-13(7-11)19-17(18)27-16/h2-3,6-8,20H,4-5,9H2,1H3. The number of fused-ring (bicyclic) bond motifs is 2. The molecule has 0 unspecified atom stereocenters. The van der Waals surface area contributed by atoms with Crippen molar-refractivity contribution in [2.24, 2.45) is 0 Å². The molecule has 0 amide bonds. The van der Waals surface area contributed by atoms with Crippen LogP contribution in [0.1, 0.15) is 5.56 Å². The summed E-state index contributed by atoms with van der Waals surface area (Å²) < 4.78 is 64.1. The fourth-order valence-corrected chi connectivity index (χ4v) is 5.80. The third kappa shape index (κ3) is 4.42. The number of benzene rings is 2. The van der Waals surface area contributed by atoms with Crippen molar-refractivity contribution in [1.29, 1.82) is 0 Å².